The minimum atomic E-state index is 0.601. The van der Waals surface area contributed by atoms with E-state index < -0.39 is 0 Å². The monoisotopic (exact) mass is 206 g/mol. The van der Waals surface area contributed by atoms with Gasteiger partial charge in [-0.2, -0.15) is 0 Å². The van der Waals surface area contributed by atoms with E-state index in [-0.39, 0.29) is 0 Å². The molecule has 0 radical (unpaired) electrons. The second-order valence-corrected chi connectivity index (χ2v) is 4.12. The molecule has 0 unspecified atom stereocenters. The number of hydrogen-bond donors (Lipinski definition) is 2. The molecule has 0 spiro atoms. The van der Waals surface area contributed by atoms with Gasteiger partial charge >= 0.3 is 0 Å². The van der Waals surface area contributed by atoms with E-state index in [1.807, 2.05) is 0 Å². The average Bonchev–Trinajstić information content (AvgIpc) is 2.15. The van der Waals surface area contributed by atoms with Gasteiger partial charge in [0.2, 0.25) is 0 Å². The van der Waals surface area contributed by atoms with Gasteiger partial charge in [0, 0.05) is 12.1 Å². The summed E-state index contributed by atoms with van der Waals surface area (Å²) in [4.78, 5) is 8.24. The van der Waals surface area contributed by atoms with Gasteiger partial charge in [0.25, 0.3) is 0 Å². The zero-order chi connectivity index (χ0) is 10.7. The van der Waals surface area contributed by atoms with E-state index in [0.29, 0.717) is 5.82 Å². The predicted octanol–water partition coefficient (Wildman–Crippen LogP) is 1.83. The number of rotatable bonds is 4. The van der Waals surface area contributed by atoms with Crippen molar-refractivity contribution in [1.29, 1.82) is 0 Å². The van der Waals surface area contributed by atoms with Crippen molar-refractivity contribution >= 4 is 11.6 Å². The van der Waals surface area contributed by atoms with Gasteiger partial charge in [0.1, 0.15) is 18.0 Å². The van der Waals surface area contributed by atoms with Gasteiger partial charge in [-0.3, -0.25) is 0 Å². The van der Waals surface area contributed by atoms with Gasteiger partial charge in [-0.25, -0.2) is 9.97 Å². The highest BCUT2D eigenvalue weighted by molar-refractivity contribution is 5.54. The summed E-state index contributed by atoms with van der Waals surface area (Å²) in [6.45, 7) is 3.09. The van der Waals surface area contributed by atoms with Crippen LogP contribution in [-0.4, -0.2) is 16.5 Å². The van der Waals surface area contributed by atoms with Crippen LogP contribution in [0.1, 0.15) is 31.7 Å². The molecule has 4 nitrogen and oxygen atoms in total. The van der Waals surface area contributed by atoms with Crippen LogP contribution in [0.3, 0.4) is 0 Å². The SMILES string of the molecule is CCc1c(N)ncnc1NCC1CCC1. The lowest BCUT2D eigenvalue weighted by atomic mass is 9.85. The van der Waals surface area contributed by atoms with Crippen LogP contribution < -0.4 is 11.1 Å². The van der Waals surface area contributed by atoms with E-state index in [2.05, 4.69) is 22.2 Å². The lowest BCUT2D eigenvalue weighted by molar-refractivity contribution is 0.333. The molecule has 0 bridgehead atoms. The van der Waals surface area contributed by atoms with Gasteiger partial charge in [0.05, 0.1) is 0 Å². The zero-order valence-electron chi connectivity index (χ0n) is 9.16. The average molecular weight is 206 g/mol. The van der Waals surface area contributed by atoms with Crippen molar-refractivity contribution < 1.29 is 0 Å². The Morgan fingerprint density at radius 2 is 2.27 bits per heavy atom. The third-order valence-corrected chi connectivity index (χ3v) is 3.12. The molecule has 82 valence electrons. The summed E-state index contributed by atoms with van der Waals surface area (Å²) in [5.74, 6) is 2.34. The van der Waals surface area contributed by atoms with Crippen LogP contribution >= 0.6 is 0 Å². The second kappa shape index (κ2) is 4.47. The van der Waals surface area contributed by atoms with Gasteiger partial charge in [-0.15, -0.1) is 0 Å². The Hall–Kier alpha value is -1.32. The highest BCUT2D eigenvalue weighted by Crippen LogP contribution is 2.27. The summed E-state index contributed by atoms with van der Waals surface area (Å²) in [7, 11) is 0. The Kier molecular flexibility index (Phi) is 3.04. The molecule has 0 amide bonds. The van der Waals surface area contributed by atoms with Gasteiger partial charge in [-0.1, -0.05) is 13.3 Å². The number of aromatic nitrogens is 2. The summed E-state index contributed by atoms with van der Waals surface area (Å²) in [6.07, 6.45) is 6.46. The first kappa shape index (κ1) is 10.2. The first-order valence-corrected chi connectivity index (χ1v) is 5.64. The maximum Gasteiger partial charge on any atom is 0.134 e. The molecule has 1 fully saturated rings. The molecular weight excluding hydrogens is 188 g/mol. The Morgan fingerprint density at radius 3 is 2.87 bits per heavy atom. The number of nitrogens with one attached hydrogen (secondary N) is 1. The van der Waals surface area contributed by atoms with Crippen molar-refractivity contribution in [2.45, 2.75) is 32.6 Å². The first-order chi connectivity index (χ1) is 7.31. The van der Waals surface area contributed by atoms with Crippen molar-refractivity contribution in [3.63, 3.8) is 0 Å². The highest BCUT2D eigenvalue weighted by Gasteiger charge is 2.17. The number of nitrogens with two attached hydrogens (primary N) is 1. The summed E-state index contributed by atoms with van der Waals surface area (Å²) < 4.78 is 0. The maximum absolute atomic E-state index is 5.79. The smallest absolute Gasteiger partial charge is 0.134 e. The molecule has 15 heavy (non-hydrogen) atoms. The van der Waals surface area contributed by atoms with Crippen LogP contribution in [0.2, 0.25) is 0 Å². The zero-order valence-corrected chi connectivity index (χ0v) is 9.16. The van der Waals surface area contributed by atoms with Crippen LogP contribution in [-0.2, 0) is 6.42 Å². The lowest BCUT2D eigenvalue weighted by Gasteiger charge is -2.26. The number of nitrogens with zero attached hydrogens (tertiary/aromatic N) is 2. The fourth-order valence-electron chi connectivity index (χ4n) is 1.86. The summed E-state index contributed by atoms with van der Waals surface area (Å²) >= 11 is 0. The van der Waals surface area contributed by atoms with Gasteiger partial charge < -0.3 is 11.1 Å². The van der Waals surface area contributed by atoms with Crippen LogP contribution in [0.25, 0.3) is 0 Å². The lowest BCUT2D eigenvalue weighted by Crippen LogP contribution is -2.22. The van der Waals surface area contributed by atoms with E-state index in [0.717, 1.165) is 30.3 Å². The van der Waals surface area contributed by atoms with Crippen molar-refractivity contribution in [3.05, 3.63) is 11.9 Å². The van der Waals surface area contributed by atoms with Gasteiger partial charge in [-0.05, 0) is 25.2 Å². The molecular formula is C11H18N4. The van der Waals surface area contributed by atoms with E-state index in [1.165, 1.54) is 25.6 Å². The predicted molar refractivity (Wildman–Crippen MR) is 61.7 cm³/mol. The minimum Gasteiger partial charge on any atom is -0.383 e. The summed E-state index contributed by atoms with van der Waals surface area (Å²) in [5.41, 5.74) is 6.83. The van der Waals surface area contributed by atoms with Crippen molar-refractivity contribution in [2.75, 3.05) is 17.6 Å². The first-order valence-electron chi connectivity index (χ1n) is 5.64. The van der Waals surface area contributed by atoms with E-state index in [9.17, 15) is 0 Å². The molecule has 1 aliphatic rings. The van der Waals surface area contributed by atoms with Crippen molar-refractivity contribution in [2.24, 2.45) is 5.92 Å². The second-order valence-electron chi connectivity index (χ2n) is 4.12. The van der Waals surface area contributed by atoms with Crippen LogP contribution in [0.5, 0.6) is 0 Å². The van der Waals surface area contributed by atoms with Gasteiger partial charge in [0.15, 0.2) is 0 Å². The Bertz CT molecular complexity index is 333. The molecule has 0 aliphatic heterocycles. The number of hydrogen-bond acceptors (Lipinski definition) is 4. The molecule has 1 heterocycles. The van der Waals surface area contributed by atoms with Crippen molar-refractivity contribution in [3.8, 4) is 0 Å². The fourth-order valence-corrected chi connectivity index (χ4v) is 1.86. The Balaban J connectivity index is 2.02. The van der Waals surface area contributed by atoms with Crippen LogP contribution in [0, 0.1) is 5.92 Å². The van der Waals surface area contributed by atoms with Crippen LogP contribution in [0.15, 0.2) is 6.33 Å². The standard InChI is InChI=1S/C11H18N4/c1-2-9-10(12)14-7-15-11(9)13-6-8-4-3-5-8/h7-8H,2-6H2,1H3,(H3,12,13,14,15). The molecule has 1 aromatic heterocycles. The largest absolute Gasteiger partial charge is 0.383 e. The summed E-state index contributed by atoms with van der Waals surface area (Å²) in [5, 5.41) is 3.38. The number of anilines is 2. The van der Waals surface area contributed by atoms with E-state index in [4.69, 9.17) is 5.73 Å². The molecule has 2 rings (SSSR count). The molecule has 0 aromatic carbocycles. The third-order valence-electron chi connectivity index (χ3n) is 3.12. The molecule has 3 N–H and O–H groups in total. The summed E-state index contributed by atoms with van der Waals surface area (Å²) in [6, 6.07) is 0. The molecule has 1 aromatic rings. The maximum atomic E-state index is 5.79. The molecule has 1 aliphatic carbocycles. The highest BCUT2D eigenvalue weighted by atomic mass is 15.0. The van der Waals surface area contributed by atoms with Crippen LogP contribution in [0.4, 0.5) is 11.6 Å². The quantitative estimate of drug-likeness (QED) is 0.789. The molecule has 0 atom stereocenters. The van der Waals surface area contributed by atoms with E-state index in [1.54, 1.807) is 0 Å². The third kappa shape index (κ3) is 2.19. The minimum absolute atomic E-state index is 0.601. The molecule has 1 saturated carbocycles. The molecule has 4 heteroatoms. The Labute approximate surface area is 90.3 Å². The normalized spacial score (nSPS) is 16.1. The van der Waals surface area contributed by atoms with Crippen molar-refractivity contribution in [1.82, 2.24) is 9.97 Å². The Morgan fingerprint density at radius 1 is 1.47 bits per heavy atom. The fraction of sp³-hybridized carbons (Fsp3) is 0.636. The van der Waals surface area contributed by atoms with E-state index >= 15 is 0 Å². The topological polar surface area (TPSA) is 63.8 Å². The number of nitrogen functional groups attached to an aromatic ring is 1. The molecule has 0 saturated heterocycles.